The standard InChI is InChI=1S/C21H17NO5S2/c1-13(23)15-5-3-6-16(12-15)22-20(26)18(29-21(22)28)11-14-4-2-7-17(10-14)27-9-8-19(24)25/h2-7,10-12H,8-9H2,1H3,(H,24,25)/b18-11+. The number of nitrogens with zero attached hydrogens (tertiary/aromatic N) is 1. The van der Waals surface area contributed by atoms with Crippen molar-refractivity contribution in [2.24, 2.45) is 0 Å². The lowest BCUT2D eigenvalue weighted by Crippen LogP contribution is -2.27. The molecule has 6 nitrogen and oxygen atoms in total. The van der Waals surface area contributed by atoms with Crippen LogP contribution in [0.15, 0.2) is 53.4 Å². The summed E-state index contributed by atoms with van der Waals surface area (Å²) in [5, 5.41) is 8.69. The summed E-state index contributed by atoms with van der Waals surface area (Å²) in [6, 6.07) is 13.8. The van der Waals surface area contributed by atoms with E-state index in [4.69, 9.17) is 22.1 Å². The van der Waals surface area contributed by atoms with Gasteiger partial charge in [-0.2, -0.15) is 0 Å². The number of anilines is 1. The number of thioether (sulfide) groups is 1. The number of ether oxygens (including phenoxy) is 1. The second-order valence-electron chi connectivity index (χ2n) is 6.19. The molecule has 8 heteroatoms. The molecule has 29 heavy (non-hydrogen) atoms. The van der Waals surface area contributed by atoms with Gasteiger partial charge in [-0.1, -0.05) is 48.2 Å². The molecular weight excluding hydrogens is 410 g/mol. The molecule has 0 spiro atoms. The second-order valence-corrected chi connectivity index (χ2v) is 7.86. The van der Waals surface area contributed by atoms with Gasteiger partial charge in [0.1, 0.15) is 5.75 Å². The van der Waals surface area contributed by atoms with Crippen LogP contribution in [0.5, 0.6) is 5.75 Å². The van der Waals surface area contributed by atoms with Crippen LogP contribution in [-0.2, 0) is 9.59 Å². The van der Waals surface area contributed by atoms with Crippen LogP contribution < -0.4 is 9.64 Å². The zero-order valence-electron chi connectivity index (χ0n) is 15.5. The van der Waals surface area contributed by atoms with E-state index in [2.05, 4.69) is 0 Å². The van der Waals surface area contributed by atoms with Gasteiger partial charge in [0, 0.05) is 5.56 Å². The smallest absolute Gasteiger partial charge is 0.306 e. The first-order valence-corrected chi connectivity index (χ1v) is 9.91. The summed E-state index contributed by atoms with van der Waals surface area (Å²) in [5.74, 6) is -0.770. The number of carboxylic acids is 1. The molecule has 0 saturated carbocycles. The summed E-state index contributed by atoms with van der Waals surface area (Å²) in [4.78, 5) is 37.0. The molecule has 0 aromatic heterocycles. The molecule has 1 fully saturated rings. The molecule has 0 unspecified atom stereocenters. The van der Waals surface area contributed by atoms with Crippen molar-refractivity contribution >= 4 is 57.7 Å². The van der Waals surface area contributed by atoms with Gasteiger partial charge in [-0.25, -0.2) is 0 Å². The summed E-state index contributed by atoms with van der Waals surface area (Å²) in [6.07, 6.45) is 1.61. The van der Waals surface area contributed by atoms with Gasteiger partial charge in [0.2, 0.25) is 0 Å². The summed E-state index contributed by atoms with van der Waals surface area (Å²) < 4.78 is 5.81. The van der Waals surface area contributed by atoms with Gasteiger partial charge in [0.25, 0.3) is 5.91 Å². The summed E-state index contributed by atoms with van der Waals surface area (Å²) in [5.41, 5.74) is 1.79. The van der Waals surface area contributed by atoms with Crippen molar-refractivity contribution in [3.8, 4) is 5.75 Å². The van der Waals surface area contributed by atoms with Crippen LogP contribution in [-0.4, -0.2) is 33.7 Å². The molecule has 3 rings (SSSR count). The normalized spacial score (nSPS) is 15.1. The van der Waals surface area contributed by atoms with E-state index in [1.807, 2.05) is 6.07 Å². The quantitative estimate of drug-likeness (QED) is 0.404. The number of carbonyl (C=O) groups excluding carboxylic acids is 2. The lowest BCUT2D eigenvalue weighted by Gasteiger charge is -2.15. The Bertz CT molecular complexity index is 1030. The van der Waals surface area contributed by atoms with Crippen molar-refractivity contribution in [1.29, 1.82) is 0 Å². The van der Waals surface area contributed by atoms with Gasteiger partial charge in [-0.05, 0) is 42.8 Å². The van der Waals surface area contributed by atoms with E-state index in [1.165, 1.54) is 23.6 Å². The van der Waals surface area contributed by atoms with E-state index in [0.29, 0.717) is 26.2 Å². The van der Waals surface area contributed by atoms with Gasteiger partial charge in [-0.3, -0.25) is 19.3 Å². The topological polar surface area (TPSA) is 83.9 Å². The molecule has 1 N–H and O–H groups in total. The van der Waals surface area contributed by atoms with Gasteiger partial charge in [-0.15, -0.1) is 0 Å². The van der Waals surface area contributed by atoms with Crippen LogP contribution in [0.4, 0.5) is 5.69 Å². The molecule has 0 radical (unpaired) electrons. The number of rotatable bonds is 7. The highest BCUT2D eigenvalue weighted by Gasteiger charge is 2.33. The van der Waals surface area contributed by atoms with Crippen LogP contribution in [0.2, 0.25) is 0 Å². The summed E-state index contributed by atoms with van der Waals surface area (Å²) >= 11 is 6.55. The van der Waals surface area contributed by atoms with E-state index in [9.17, 15) is 14.4 Å². The Labute approximate surface area is 177 Å². The van der Waals surface area contributed by atoms with Crippen molar-refractivity contribution in [3.05, 3.63) is 64.6 Å². The SMILES string of the molecule is CC(=O)c1cccc(N2C(=O)/C(=C\c3cccc(OCCC(=O)O)c3)SC2=S)c1. The molecule has 0 atom stereocenters. The van der Waals surface area contributed by atoms with E-state index < -0.39 is 5.97 Å². The van der Waals surface area contributed by atoms with Crippen molar-refractivity contribution in [3.63, 3.8) is 0 Å². The third kappa shape index (κ3) is 5.10. The molecule has 0 bridgehead atoms. The molecule has 0 aliphatic carbocycles. The fraction of sp³-hybridized carbons (Fsp3) is 0.143. The number of hydrogen-bond acceptors (Lipinski definition) is 6. The van der Waals surface area contributed by atoms with Crippen LogP contribution in [0, 0.1) is 0 Å². The molecule has 1 amide bonds. The van der Waals surface area contributed by atoms with E-state index in [0.717, 1.165) is 5.56 Å². The maximum absolute atomic E-state index is 12.9. The van der Waals surface area contributed by atoms with Gasteiger partial charge >= 0.3 is 5.97 Å². The summed E-state index contributed by atoms with van der Waals surface area (Å²) in [6.45, 7) is 1.53. The molecule has 2 aromatic rings. The minimum Gasteiger partial charge on any atom is -0.493 e. The maximum Gasteiger partial charge on any atom is 0.306 e. The lowest BCUT2D eigenvalue weighted by atomic mass is 10.1. The average molecular weight is 428 g/mol. The second kappa shape index (κ2) is 9.02. The van der Waals surface area contributed by atoms with Crippen molar-refractivity contribution < 1.29 is 24.2 Å². The van der Waals surface area contributed by atoms with E-state index >= 15 is 0 Å². The number of aliphatic carboxylic acids is 1. The molecule has 1 aliphatic heterocycles. The predicted octanol–water partition coefficient (Wildman–Crippen LogP) is 4.15. The highest BCUT2D eigenvalue weighted by atomic mass is 32.2. The number of thiocarbonyl (C=S) groups is 1. The van der Waals surface area contributed by atoms with Crippen molar-refractivity contribution in [2.45, 2.75) is 13.3 Å². The Balaban J connectivity index is 1.80. The molecule has 2 aromatic carbocycles. The third-order valence-electron chi connectivity index (χ3n) is 4.05. The Morgan fingerprint density at radius 2 is 1.97 bits per heavy atom. The number of hydrogen-bond donors (Lipinski definition) is 1. The van der Waals surface area contributed by atoms with Crippen LogP contribution in [0.25, 0.3) is 6.08 Å². The molecule has 148 valence electrons. The zero-order valence-corrected chi connectivity index (χ0v) is 17.1. The van der Waals surface area contributed by atoms with Gasteiger partial charge < -0.3 is 9.84 Å². The predicted molar refractivity (Wildman–Crippen MR) is 116 cm³/mol. The minimum absolute atomic E-state index is 0.0629. The number of benzene rings is 2. The maximum atomic E-state index is 12.9. The zero-order chi connectivity index (χ0) is 21.0. The fourth-order valence-corrected chi connectivity index (χ4v) is 3.95. The highest BCUT2D eigenvalue weighted by molar-refractivity contribution is 8.27. The monoisotopic (exact) mass is 427 g/mol. The largest absolute Gasteiger partial charge is 0.493 e. The Kier molecular flexibility index (Phi) is 6.46. The van der Waals surface area contributed by atoms with Gasteiger partial charge in [0.15, 0.2) is 10.1 Å². The Hall–Kier alpha value is -2.97. The number of amides is 1. The third-order valence-corrected chi connectivity index (χ3v) is 5.35. The fourth-order valence-electron chi connectivity index (χ4n) is 2.66. The number of carbonyl (C=O) groups is 3. The first kappa shape index (κ1) is 20.8. The average Bonchev–Trinajstić information content (AvgIpc) is 2.95. The first-order chi connectivity index (χ1) is 13.8. The highest BCUT2D eigenvalue weighted by Crippen LogP contribution is 2.36. The molecular formula is C21H17NO5S2. The first-order valence-electron chi connectivity index (χ1n) is 8.69. The minimum atomic E-state index is -0.932. The van der Waals surface area contributed by atoms with E-state index in [1.54, 1.807) is 48.5 Å². The van der Waals surface area contributed by atoms with Crippen LogP contribution in [0.1, 0.15) is 29.3 Å². The van der Waals surface area contributed by atoms with Crippen LogP contribution >= 0.6 is 24.0 Å². The molecule has 1 aliphatic rings. The lowest BCUT2D eigenvalue weighted by molar-refractivity contribution is -0.137. The van der Waals surface area contributed by atoms with Crippen molar-refractivity contribution in [1.82, 2.24) is 0 Å². The van der Waals surface area contributed by atoms with Crippen LogP contribution in [0.3, 0.4) is 0 Å². The Morgan fingerprint density at radius 1 is 1.21 bits per heavy atom. The van der Waals surface area contributed by atoms with E-state index in [-0.39, 0.29) is 24.7 Å². The number of ketones is 1. The molecule has 1 saturated heterocycles. The van der Waals surface area contributed by atoms with Gasteiger partial charge in [0.05, 0.1) is 23.6 Å². The number of Topliss-reactive ketones (excluding diaryl/α,β-unsaturated/α-hetero) is 1. The van der Waals surface area contributed by atoms with Crippen molar-refractivity contribution in [2.75, 3.05) is 11.5 Å². The number of carboxylic acid groups (broad SMARTS) is 1. The summed E-state index contributed by atoms with van der Waals surface area (Å²) in [7, 11) is 0. The Morgan fingerprint density at radius 3 is 2.69 bits per heavy atom. The molecule has 1 heterocycles.